The fourth-order valence-electron chi connectivity index (χ4n) is 3.25. The molecule has 1 heteroatoms. The first-order valence-corrected chi connectivity index (χ1v) is 8.84. The van der Waals surface area contributed by atoms with E-state index in [2.05, 4.69) is 6.92 Å². The zero-order chi connectivity index (χ0) is 13.8. The molecule has 1 nitrogen and oxygen atoms in total. The molecule has 0 aromatic rings. The van der Waals surface area contributed by atoms with Crippen molar-refractivity contribution in [2.75, 3.05) is 0 Å². The average Bonchev–Trinajstić information content (AvgIpc) is 2.93. The van der Waals surface area contributed by atoms with Crippen molar-refractivity contribution in [3.05, 3.63) is 0 Å². The Morgan fingerprint density at radius 1 is 0.842 bits per heavy atom. The van der Waals surface area contributed by atoms with Gasteiger partial charge in [-0.25, -0.2) is 0 Å². The number of carbonyl (C=O) groups excluding carboxylic acids is 1. The summed E-state index contributed by atoms with van der Waals surface area (Å²) in [6, 6.07) is 0. The van der Waals surface area contributed by atoms with Crippen LogP contribution >= 0.6 is 0 Å². The molecule has 1 aliphatic carbocycles. The van der Waals surface area contributed by atoms with Crippen molar-refractivity contribution in [1.82, 2.24) is 0 Å². The highest BCUT2D eigenvalue weighted by molar-refractivity contribution is 5.78. The maximum absolute atomic E-state index is 11.8. The van der Waals surface area contributed by atoms with E-state index in [4.69, 9.17) is 0 Å². The van der Waals surface area contributed by atoms with Crippen LogP contribution in [-0.2, 0) is 4.79 Å². The minimum atomic E-state index is 0.526. The van der Waals surface area contributed by atoms with E-state index in [1.807, 2.05) is 0 Å². The zero-order valence-electron chi connectivity index (χ0n) is 13.1. The third-order valence-electron chi connectivity index (χ3n) is 4.62. The molecule has 0 aromatic carbocycles. The second-order valence-corrected chi connectivity index (χ2v) is 6.45. The van der Waals surface area contributed by atoms with Crippen molar-refractivity contribution in [3.63, 3.8) is 0 Å². The molecule has 0 N–H and O–H groups in total. The minimum absolute atomic E-state index is 0.526. The van der Waals surface area contributed by atoms with Gasteiger partial charge in [0.15, 0.2) is 0 Å². The van der Waals surface area contributed by atoms with Gasteiger partial charge in [0.2, 0.25) is 0 Å². The Bertz CT molecular complexity index is 216. The van der Waals surface area contributed by atoms with Crippen LogP contribution in [0.25, 0.3) is 0 Å². The molecular weight excluding hydrogens is 232 g/mol. The lowest BCUT2D eigenvalue weighted by Crippen LogP contribution is -2.02. The number of rotatable bonds is 12. The predicted molar refractivity (Wildman–Crippen MR) is 83.4 cm³/mol. The molecule has 0 heterocycles. The molecule has 1 fully saturated rings. The van der Waals surface area contributed by atoms with Crippen LogP contribution in [0.3, 0.4) is 0 Å². The van der Waals surface area contributed by atoms with E-state index in [-0.39, 0.29) is 0 Å². The van der Waals surface area contributed by atoms with Crippen molar-refractivity contribution >= 4 is 5.78 Å². The Hall–Kier alpha value is -0.330. The lowest BCUT2D eigenvalue weighted by molar-refractivity contribution is -0.119. The van der Waals surface area contributed by atoms with E-state index >= 15 is 0 Å². The highest BCUT2D eigenvalue weighted by atomic mass is 16.1. The van der Waals surface area contributed by atoms with Crippen molar-refractivity contribution in [1.29, 1.82) is 0 Å². The van der Waals surface area contributed by atoms with Crippen LogP contribution in [0, 0.1) is 5.92 Å². The highest BCUT2D eigenvalue weighted by Gasteiger charge is 2.15. The van der Waals surface area contributed by atoms with Gasteiger partial charge in [-0.15, -0.1) is 0 Å². The summed E-state index contributed by atoms with van der Waals surface area (Å²) in [6.07, 6.45) is 19.1. The molecule has 112 valence electrons. The van der Waals surface area contributed by atoms with Gasteiger partial charge in [0.05, 0.1) is 0 Å². The van der Waals surface area contributed by atoms with Gasteiger partial charge >= 0.3 is 0 Å². The van der Waals surface area contributed by atoms with Gasteiger partial charge in [-0.05, 0) is 18.8 Å². The van der Waals surface area contributed by atoms with Gasteiger partial charge in [-0.3, -0.25) is 4.79 Å². The van der Waals surface area contributed by atoms with E-state index in [1.165, 1.54) is 77.0 Å². The zero-order valence-corrected chi connectivity index (χ0v) is 13.1. The normalized spacial score (nSPS) is 16.1. The molecule has 1 saturated carbocycles. The lowest BCUT2D eigenvalue weighted by atomic mass is 9.98. The van der Waals surface area contributed by atoms with Gasteiger partial charge in [0.1, 0.15) is 5.78 Å². The highest BCUT2D eigenvalue weighted by Crippen LogP contribution is 2.28. The van der Waals surface area contributed by atoms with Gasteiger partial charge < -0.3 is 0 Å². The summed E-state index contributed by atoms with van der Waals surface area (Å²) < 4.78 is 0. The molecule has 0 amide bonds. The molecule has 0 saturated heterocycles. The summed E-state index contributed by atoms with van der Waals surface area (Å²) in [6.45, 7) is 2.26. The lowest BCUT2D eigenvalue weighted by Gasteiger charge is -2.07. The second-order valence-electron chi connectivity index (χ2n) is 6.45. The summed E-state index contributed by atoms with van der Waals surface area (Å²) in [5.74, 6) is 1.40. The number of ketones is 1. The largest absolute Gasteiger partial charge is 0.300 e. The molecule has 1 rings (SSSR count). The second kappa shape index (κ2) is 11.5. The summed E-state index contributed by atoms with van der Waals surface area (Å²) in [7, 11) is 0. The number of hydrogen-bond acceptors (Lipinski definition) is 1. The fourth-order valence-corrected chi connectivity index (χ4v) is 3.25. The van der Waals surface area contributed by atoms with Crippen molar-refractivity contribution in [3.8, 4) is 0 Å². The molecule has 0 aromatic heterocycles. The van der Waals surface area contributed by atoms with E-state index in [9.17, 15) is 4.79 Å². The van der Waals surface area contributed by atoms with Crippen LogP contribution < -0.4 is 0 Å². The number of Topliss-reactive ketones (excluding diaryl/α,β-unsaturated/α-hetero) is 1. The molecule has 19 heavy (non-hydrogen) atoms. The first-order chi connectivity index (χ1) is 9.33. The molecule has 0 unspecified atom stereocenters. The first kappa shape index (κ1) is 16.7. The topological polar surface area (TPSA) is 17.1 Å². The smallest absolute Gasteiger partial charge is 0.132 e. The minimum Gasteiger partial charge on any atom is -0.300 e. The van der Waals surface area contributed by atoms with Crippen LogP contribution in [0.15, 0.2) is 0 Å². The van der Waals surface area contributed by atoms with Crippen LogP contribution in [0.2, 0.25) is 0 Å². The summed E-state index contributed by atoms with van der Waals surface area (Å²) >= 11 is 0. The maximum Gasteiger partial charge on any atom is 0.132 e. The van der Waals surface area contributed by atoms with Gasteiger partial charge in [0, 0.05) is 12.8 Å². The summed E-state index contributed by atoms with van der Waals surface area (Å²) in [5, 5.41) is 0. The Kier molecular flexibility index (Phi) is 10.1. The van der Waals surface area contributed by atoms with E-state index in [0.29, 0.717) is 5.78 Å². The quantitative estimate of drug-likeness (QED) is 0.393. The molecule has 0 aliphatic heterocycles. The van der Waals surface area contributed by atoms with E-state index in [1.54, 1.807) is 0 Å². The summed E-state index contributed by atoms with van der Waals surface area (Å²) in [5.41, 5.74) is 0. The standard InChI is InChI=1S/C18H34O/c1-2-3-4-5-6-7-8-9-14-18(19)16-15-17-12-10-11-13-17/h17H,2-16H2,1H3. The number of carbonyl (C=O) groups is 1. The molecule has 0 atom stereocenters. The van der Waals surface area contributed by atoms with Crippen LogP contribution in [0.4, 0.5) is 0 Å². The fraction of sp³-hybridized carbons (Fsp3) is 0.944. The van der Waals surface area contributed by atoms with Gasteiger partial charge in [-0.1, -0.05) is 77.6 Å². The monoisotopic (exact) mass is 266 g/mol. The van der Waals surface area contributed by atoms with E-state index in [0.717, 1.165) is 25.2 Å². The van der Waals surface area contributed by atoms with Crippen LogP contribution in [-0.4, -0.2) is 5.78 Å². The van der Waals surface area contributed by atoms with Crippen molar-refractivity contribution in [2.24, 2.45) is 5.92 Å². The molecular formula is C18H34O. The van der Waals surface area contributed by atoms with Crippen molar-refractivity contribution in [2.45, 2.75) is 103 Å². The SMILES string of the molecule is CCCCCCCCCCC(=O)CCC1CCCC1. The molecule has 0 spiro atoms. The first-order valence-electron chi connectivity index (χ1n) is 8.84. The molecule has 0 radical (unpaired) electrons. The third-order valence-corrected chi connectivity index (χ3v) is 4.62. The van der Waals surface area contributed by atoms with Gasteiger partial charge in [-0.2, -0.15) is 0 Å². The summed E-state index contributed by atoms with van der Waals surface area (Å²) in [4.78, 5) is 11.8. The Labute approximate surface area is 120 Å². The van der Waals surface area contributed by atoms with E-state index < -0.39 is 0 Å². The molecule has 0 bridgehead atoms. The van der Waals surface area contributed by atoms with Crippen molar-refractivity contribution < 1.29 is 4.79 Å². The number of unbranched alkanes of at least 4 members (excludes halogenated alkanes) is 7. The van der Waals surface area contributed by atoms with Gasteiger partial charge in [0.25, 0.3) is 0 Å². The predicted octanol–water partition coefficient (Wildman–Crippen LogP) is 6.06. The van der Waals surface area contributed by atoms with Crippen LogP contribution in [0.5, 0.6) is 0 Å². The molecule has 1 aliphatic rings. The third kappa shape index (κ3) is 9.24. The van der Waals surface area contributed by atoms with Crippen LogP contribution in [0.1, 0.15) is 103 Å². The maximum atomic E-state index is 11.8. The Morgan fingerprint density at radius 2 is 1.42 bits per heavy atom. The Morgan fingerprint density at radius 3 is 2.05 bits per heavy atom. The Balaban J connectivity index is 1.81. The average molecular weight is 266 g/mol. The number of hydrogen-bond donors (Lipinski definition) is 0.